The van der Waals surface area contributed by atoms with Gasteiger partial charge < -0.3 is 24.3 Å². The van der Waals surface area contributed by atoms with E-state index in [1.807, 2.05) is 6.92 Å². The maximum atomic E-state index is 12.9. The van der Waals surface area contributed by atoms with Gasteiger partial charge in [-0.2, -0.15) is 0 Å². The van der Waals surface area contributed by atoms with Crippen LogP contribution in [0.2, 0.25) is 0 Å². The number of carbonyl (C=O) groups excluding carboxylic acids is 2. The molecule has 0 spiro atoms. The van der Waals surface area contributed by atoms with Gasteiger partial charge in [-0.05, 0) is 43.3 Å². The van der Waals surface area contributed by atoms with Crippen LogP contribution >= 0.6 is 0 Å². The van der Waals surface area contributed by atoms with Crippen molar-refractivity contribution >= 4 is 11.9 Å². The smallest absolute Gasteiger partial charge is 0.317 e. The first-order valence-corrected chi connectivity index (χ1v) is 8.86. The maximum Gasteiger partial charge on any atom is 0.317 e. The van der Waals surface area contributed by atoms with Crippen LogP contribution in [0.3, 0.4) is 0 Å². The van der Waals surface area contributed by atoms with Crippen LogP contribution in [0.25, 0.3) is 0 Å². The van der Waals surface area contributed by atoms with Crippen molar-refractivity contribution in [2.24, 2.45) is 0 Å². The van der Waals surface area contributed by atoms with E-state index < -0.39 is 0 Å². The highest BCUT2D eigenvalue weighted by molar-refractivity contribution is 5.91. The van der Waals surface area contributed by atoms with Gasteiger partial charge >= 0.3 is 6.03 Å². The van der Waals surface area contributed by atoms with Crippen LogP contribution in [0.4, 0.5) is 9.18 Å². The molecule has 1 aliphatic heterocycles. The van der Waals surface area contributed by atoms with Crippen molar-refractivity contribution in [1.29, 1.82) is 0 Å². The summed E-state index contributed by atoms with van der Waals surface area (Å²) in [7, 11) is 0. The molecule has 1 aromatic carbocycles. The van der Waals surface area contributed by atoms with Crippen molar-refractivity contribution in [3.63, 3.8) is 0 Å². The molecule has 2 heterocycles. The maximum absolute atomic E-state index is 12.9. The normalized spacial score (nSPS) is 14.1. The molecule has 3 amide bonds. The van der Waals surface area contributed by atoms with Gasteiger partial charge in [0.05, 0.1) is 0 Å². The number of hydrogen-bond acceptors (Lipinski definition) is 4. The van der Waals surface area contributed by atoms with E-state index in [0.717, 1.165) is 0 Å². The number of nitrogens with one attached hydrogen (secondary N) is 1. The summed E-state index contributed by atoms with van der Waals surface area (Å²) in [5.74, 6) is 0.712. The fourth-order valence-electron chi connectivity index (χ4n) is 2.79. The van der Waals surface area contributed by atoms with E-state index in [-0.39, 0.29) is 30.1 Å². The summed E-state index contributed by atoms with van der Waals surface area (Å²) in [5, 5.41) is 2.76. The molecule has 1 N–H and O–H groups in total. The average Bonchev–Trinajstić information content (AvgIpc) is 3.16. The number of halogens is 1. The zero-order valence-corrected chi connectivity index (χ0v) is 15.1. The number of rotatable bonds is 5. The second-order valence-corrected chi connectivity index (χ2v) is 6.12. The van der Waals surface area contributed by atoms with Gasteiger partial charge in [0, 0.05) is 32.7 Å². The van der Waals surface area contributed by atoms with Gasteiger partial charge in [-0.1, -0.05) is 0 Å². The van der Waals surface area contributed by atoms with E-state index in [1.165, 1.54) is 24.3 Å². The highest BCUT2D eigenvalue weighted by Gasteiger charge is 2.26. The molecule has 27 heavy (non-hydrogen) atoms. The first kappa shape index (κ1) is 18.8. The van der Waals surface area contributed by atoms with Crippen LogP contribution in [0.1, 0.15) is 23.2 Å². The Bertz CT molecular complexity index is 783. The molecule has 1 saturated heterocycles. The molecule has 1 aliphatic rings. The third-order valence-electron chi connectivity index (χ3n) is 4.25. The number of carbonyl (C=O) groups is 2. The van der Waals surface area contributed by atoms with Crippen LogP contribution < -0.4 is 10.1 Å². The summed E-state index contributed by atoms with van der Waals surface area (Å²) in [5.41, 5.74) is 0. The number of nitrogens with zero attached hydrogens (tertiary/aromatic N) is 2. The van der Waals surface area contributed by atoms with Gasteiger partial charge in [0.2, 0.25) is 0 Å². The SMILES string of the molecule is CCNC(=O)N1CCN(C(=O)c2ccc(COc3ccc(F)cc3)o2)CC1. The quantitative estimate of drug-likeness (QED) is 0.871. The number of urea groups is 1. The largest absolute Gasteiger partial charge is 0.486 e. The Kier molecular flexibility index (Phi) is 5.95. The molecule has 7 nitrogen and oxygen atoms in total. The number of hydrogen-bond donors (Lipinski definition) is 1. The summed E-state index contributed by atoms with van der Waals surface area (Å²) in [4.78, 5) is 27.7. The van der Waals surface area contributed by atoms with Crippen LogP contribution in [-0.2, 0) is 6.61 Å². The van der Waals surface area contributed by atoms with Gasteiger partial charge in [0.25, 0.3) is 5.91 Å². The molecule has 0 radical (unpaired) electrons. The van der Waals surface area contributed by atoms with E-state index in [4.69, 9.17) is 9.15 Å². The second kappa shape index (κ2) is 8.57. The molecule has 0 aliphatic carbocycles. The Balaban J connectivity index is 1.51. The number of amides is 3. The summed E-state index contributed by atoms with van der Waals surface area (Å²) >= 11 is 0. The van der Waals surface area contributed by atoms with Crippen molar-refractivity contribution in [1.82, 2.24) is 15.1 Å². The Morgan fingerprint density at radius 3 is 2.41 bits per heavy atom. The fourth-order valence-corrected chi connectivity index (χ4v) is 2.79. The zero-order valence-electron chi connectivity index (χ0n) is 15.1. The minimum Gasteiger partial charge on any atom is -0.486 e. The van der Waals surface area contributed by atoms with Crippen LogP contribution in [0.5, 0.6) is 5.75 Å². The summed E-state index contributed by atoms with van der Waals surface area (Å²) < 4.78 is 24.0. The van der Waals surface area contributed by atoms with E-state index in [1.54, 1.807) is 21.9 Å². The monoisotopic (exact) mass is 375 g/mol. The lowest BCUT2D eigenvalue weighted by Gasteiger charge is -2.34. The lowest BCUT2D eigenvalue weighted by atomic mass is 10.3. The van der Waals surface area contributed by atoms with Gasteiger partial charge in [0.1, 0.15) is 23.9 Å². The summed E-state index contributed by atoms with van der Waals surface area (Å²) in [6.45, 7) is 4.47. The first-order valence-electron chi connectivity index (χ1n) is 8.86. The van der Waals surface area contributed by atoms with Gasteiger partial charge in [-0.3, -0.25) is 4.79 Å². The molecule has 144 valence electrons. The number of furan rings is 1. The molecular formula is C19H22FN3O4. The molecule has 8 heteroatoms. The van der Waals surface area contributed by atoms with Crippen molar-refractivity contribution in [2.45, 2.75) is 13.5 Å². The minimum absolute atomic E-state index is 0.108. The fraction of sp³-hybridized carbons (Fsp3) is 0.368. The highest BCUT2D eigenvalue weighted by atomic mass is 19.1. The van der Waals surface area contributed by atoms with Crippen molar-refractivity contribution < 1.29 is 23.1 Å². The zero-order chi connectivity index (χ0) is 19.2. The average molecular weight is 375 g/mol. The highest BCUT2D eigenvalue weighted by Crippen LogP contribution is 2.17. The lowest BCUT2D eigenvalue weighted by Crippen LogP contribution is -2.53. The Morgan fingerprint density at radius 1 is 1.07 bits per heavy atom. The third kappa shape index (κ3) is 4.78. The molecule has 1 aromatic heterocycles. The molecular weight excluding hydrogens is 353 g/mol. The van der Waals surface area contributed by atoms with Crippen molar-refractivity contribution in [3.8, 4) is 5.75 Å². The predicted molar refractivity (Wildman–Crippen MR) is 96.0 cm³/mol. The Labute approximate surface area is 156 Å². The molecule has 0 saturated carbocycles. The van der Waals surface area contributed by atoms with Crippen LogP contribution in [-0.4, -0.2) is 54.5 Å². The third-order valence-corrected chi connectivity index (χ3v) is 4.25. The molecule has 0 unspecified atom stereocenters. The van der Waals surface area contributed by atoms with Crippen LogP contribution in [0.15, 0.2) is 40.8 Å². The summed E-state index contributed by atoms with van der Waals surface area (Å²) in [6, 6.07) is 8.86. The van der Waals surface area contributed by atoms with Gasteiger partial charge in [-0.15, -0.1) is 0 Å². The van der Waals surface area contributed by atoms with E-state index in [2.05, 4.69) is 5.32 Å². The number of piperazine rings is 1. The number of ether oxygens (including phenoxy) is 1. The molecule has 1 fully saturated rings. The van der Waals surface area contributed by atoms with Crippen molar-refractivity contribution in [2.75, 3.05) is 32.7 Å². The Hall–Kier alpha value is -3.03. The van der Waals surface area contributed by atoms with Crippen molar-refractivity contribution in [3.05, 3.63) is 53.7 Å². The number of benzene rings is 1. The standard InChI is InChI=1S/C19H22FN3O4/c1-2-21-19(25)23-11-9-22(10-12-23)18(24)17-8-7-16(27-17)13-26-15-5-3-14(20)4-6-15/h3-8H,2,9-13H2,1H3,(H,21,25). The molecule has 3 rings (SSSR count). The van der Waals surface area contributed by atoms with E-state index in [0.29, 0.717) is 44.2 Å². The second-order valence-electron chi connectivity index (χ2n) is 6.12. The predicted octanol–water partition coefficient (Wildman–Crippen LogP) is 2.49. The van der Waals surface area contributed by atoms with E-state index >= 15 is 0 Å². The molecule has 0 bridgehead atoms. The summed E-state index contributed by atoms with van der Waals surface area (Å²) in [6.07, 6.45) is 0. The van der Waals surface area contributed by atoms with Crippen LogP contribution in [0, 0.1) is 5.82 Å². The lowest BCUT2D eigenvalue weighted by molar-refractivity contribution is 0.0630. The minimum atomic E-state index is -0.333. The van der Waals surface area contributed by atoms with Gasteiger partial charge in [0.15, 0.2) is 5.76 Å². The Morgan fingerprint density at radius 2 is 1.74 bits per heavy atom. The molecule has 2 aromatic rings. The van der Waals surface area contributed by atoms with E-state index in [9.17, 15) is 14.0 Å². The van der Waals surface area contributed by atoms with Gasteiger partial charge in [-0.25, -0.2) is 9.18 Å². The molecule has 0 atom stereocenters. The topological polar surface area (TPSA) is 75.0 Å². The first-order chi connectivity index (χ1) is 13.1.